The number of anilines is 1. The third kappa shape index (κ3) is 7.99. The maximum atomic E-state index is 12.0. The number of rotatable bonds is 8. The van der Waals surface area contributed by atoms with Gasteiger partial charge in [0.2, 0.25) is 0 Å². The third-order valence-corrected chi connectivity index (χ3v) is 3.63. The second-order valence-corrected chi connectivity index (χ2v) is 7.15. The molecular formula is C19H31N3O2. The lowest BCUT2D eigenvalue weighted by Gasteiger charge is -2.16. The molecule has 0 spiro atoms. The van der Waals surface area contributed by atoms with E-state index in [4.69, 9.17) is 0 Å². The molecule has 5 heteroatoms. The van der Waals surface area contributed by atoms with Gasteiger partial charge in [-0.1, -0.05) is 27.7 Å². The van der Waals surface area contributed by atoms with Crippen molar-refractivity contribution < 1.29 is 9.59 Å². The molecule has 0 bridgehead atoms. The predicted octanol–water partition coefficient (Wildman–Crippen LogP) is 4.02. The maximum absolute atomic E-state index is 12.0. The number of hydrogen-bond acceptors (Lipinski definition) is 2. The molecule has 0 aliphatic carbocycles. The van der Waals surface area contributed by atoms with Gasteiger partial charge in [0.1, 0.15) is 0 Å². The molecule has 1 rings (SSSR count). The first kappa shape index (κ1) is 20.0. The van der Waals surface area contributed by atoms with Crippen molar-refractivity contribution in [1.29, 1.82) is 0 Å². The lowest BCUT2D eigenvalue weighted by Crippen LogP contribution is -2.36. The molecule has 0 heterocycles. The van der Waals surface area contributed by atoms with Crippen LogP contribution in [-0.2, 0) is 0 Å². The van der Waals surface area contributed by atoms with Crippen LogP contribution in [0.5, 0.6) is 0 Å². The van der Waals surface area contributed by atoms with Crippen LogP contribution in [0, 0.1) is 11.8 Å². The number of nitrogens with one attached hydrogen (secondary N) is 3. The third-order valence-electron chi connectivity index (χ3n) is 3.63. The Balaban J connectivity index is 2.45. The average Bonchev–Trinajstić information content (AvgIpc) is 2.51. The Labute approximate surface area is 145 Å². The van der Waals surface area contributed by atoms with Crippen LogP contribution in [0.2, 0.25) is 0 Å². The predicted molar refractivity (Wildman–Crippen MR) is 99.3 cm³/mol. The van der Waals surface area contributed by atoms with Crippen molar-refractivity contribution in [1.82, 2.24) is 10.6 Å². The van der Waals surface area contributed by atoms with Gasteiger partial charge in [-0.05, 0) is 55.9 Å². The van der Waals surface area contributed by atoms with Crippen LogP contribution in [0.15, 0.2) is 24.3 Å². The molecule has 0 aliphatic rings. The molecule has 1 aromatic carbocycles. The monoisotopic (exact) mass is 333 g/mol. The second kappa shape index (κ2) is 9.96. The smallest absolute Gasteiger partial charge is 0.319 e. The number of urea groups is 1. The fourth-order valence-corrected chi connectivity index (χ4v) is 2.15. The van der Waals surface area contributed by atoms with Crippen molar-refractivity contribution in [3.63, 3.8) is 0 Å². The zero-order valence-corrected chi connectivity index (χ0v) is 15.5. The molecule has 0 saturated heterocycles. The van der Waals surface area contributed by atoms with E-state index in [1.54, 1.807) is 24.3 Å². The Bertz CT molecular complexity index is 524. The summed E-state index contributed by atoms with van der Waals surface area (Å²) < 4.78 is 0. The molecular weight excluding hydrogens is 302 g/mol. The van der Waals surface area contributed by atoms with Crippen LogP contribution in [-0.4, -0.2) is 24.5 Å². The summed E-state index contributed by atoms with van der Waals surface area (Å²) in [5.74, 6) is 0.949. The van der Waals surface area contributed by atoms with E-state index in [2.05, 4.69) is 29.8 Å². The zero-order chi connectivity index (χ0) is 18.1. The highest BCUT2D eigenvalue weighted by Gasteiger charge is 2.09. The minimum absolute atomic E-state index is 0.0954. The van der Waals surface area contributed by atoms with Crippen LogP contribution >= 0.6 is 0 Å². The molecule has 3 amide bonds. The normalized spacial score (nSPS) is 12.1. The Hall–Kier alpha value is -2.04. The van der Waals surface area contributed by atoms with Crippen LogP contribution in [0.25, 0.3) is 0 Å². The second-order valence-electron chi connectivity index (χ2n) is 7.15. The average molecular weight is 333 g/mol. The summed E-state index contributed by atoms with van der Waals surface area (Å²) in [5, 5.41) is 8.59. The molecule has 0 aliphatic heterocycles. The van der Waals surface area contributed by atoms with Gasteiger partial charge in [-0.25, -0.2) is 4.79 Å². The van der Waals surface area contributed by atoms with E-state index in [1.165, 1.54) is 0 Å². The van der Waals surface area contributed by atoms with Gasteiger partial charge in [-0.2, -0.15) is 0 Å². The van der Waals surface area contributed by atoms with Crippen molar-refractivity contribution in [2.24, 2.45) is 11.8 Å². The Morgan fingerprint density at radius 1 is 0.917 bits per heavy atom. The minimum atomic E-state index is -0.219. The highest BCUT2D eigenvalue weighted by molar-refractivity contribution is 5.95. The summed E-state index contributed by atoms with van der Waals surface area (Å²) in [6.07, 6.45) is 2.04. The van der Waals surface area contributed by atoms with Crippen LogP contribution in [0.3, 0.4) is 0 Å². The van der Waals surface area contributed by atoms with E-state index in [9.17, 15) is 9.59 Å². The molecule has 0 radical (unpaired) electrons. The number of benzene rings is 1. The number of carbonyl (C=O) groups is 2. The maximum Gasteiger partial charge on any atom is 0.319 e. The van der Waals surface area contributed by atoms with E-state index in [1.807, 2.05) is 20.8 Å². The summed E-state index contributed by atoms with van der Waals surface area (Å²) >= 11 is 0. The Morgan fingerprint density at radius 3 is 2.08 bits per heavy atom. The largest absolute Gasteiger partial charge is 0.352 e. The van der Waals surface area contributed by atoms with Crippen molar-refractivity contribution >= 4 is 17.6 Å². The SMILES string of the molecule is CC(C)CCC(C)NC(=O)Nc1ccc(C(=O)NCC(C)C)cc1. The topological polar surface area (TPSA) is 70.2 Å². The van der Waals surface area contributed by atoms with Crippen molar-refractivity contribution in [3.05, 3.63) is 29.8 Å². The Kier molecular flexibility index (Phi) is 8.30. The van der Waals surface area contributed by atoms with Gasteiger partial charge in [0.25, 0.3) is 5.91 Å². The van der Waals surface area contributed by atoms with E-state index >= 15 is 0 Å². The highest BCUT2D eigenvalue weighted by atomic mass is 16.2. The summed E-state index contributed by atoms with van der Waals surface area (Å²) in [6.45, 7) is 11.1. The first-order valence-electron chi connectivity index (χ1n) is 8.73. The van der Waals surface area contributed by atoms with Crippen LogP contribution in [0.4, 0.5) is 10.5 Å². The van der Waals surface area contributed by atoms with Gasteiger partial charge >= 0.3 is 6.03 Å². The highest BCUT2D eigenvalue weighted by Crippen LogP contribution is 2.10. The fourth-order valence-electron chi connectivity index (χ4n) is 2.15. The van der Waals surface area contributed by atoms with Gasteiger partial charge in [-0.15, -0.1) is 0 Å². The van der Waals surface area contributed by atoms with Crippen LogP contribution < -0.4 is 16.0 Å². The quantitative estimate of drug-likeness (QED) is 0.672. The van der Waals surface area contributed by atoms with Gasteiger partial charge in [0, 0.05) is 23.8 Å². The van der Waals surface area contributed by atoms with Gasteiger partial charge < -0.3 is 16.0 Å². The van der Waals surface area contributed by atoms with Crippen molar-refractivity contribution in [2.45, 2.75) is 53.5 Å². The molecule has 24 heavy (non-hydrogen) atoms. The van der Waals surface area contributed by atoms with Crippen LogP contribution in [0.1, 0.15) is 57.8 Å². The van der Waals surface area contributed by atoms with E-state index < -0.39 is 0 Å². The number of carbonyl (C=O) groups excluding carboxylic acids is 2. The first-order chi connectivity index (χ1) is 11.3. The zero-order valence-electron chi connectivity index (χ0n) is 15.5. The van der Waals surface area contributed by atoms with Gasteiger partial charge in [0.15, 0.2) is 0 Å². The number of hydrogen-bond donors (Lipinski definition) is 3. The van der Waals surface area contributed by atoms with E-state index in [0.717, 1.165) is 12.8 Å². The molecule has 0 fully saturated rings. The van der Waals surface area contributed by atoms with E-state index in [0.29, 0.717) is 29.6 Å². The summed E-state index contributed by atoms with van der Waals surface area (Å²) in [5.41, 5.74) is 1.26. The molecule has 1 atom stereocenters. The molecule has 134 valence electrons. The molecule has 1 aromatic rings. The lowest BCUT2D eigenvalue weighted by molar-refractivity contribution is 0.0949. The summed E-state index contributed by atoms with van der Waals surface area (Å²) in [4.78, 5) is 23.9. The van der Waals surface area contributed by atoms with Crippen molar-refractivity contribution in [3.8, 4) is 0 Å². The molecule has 0 aromatic heterocycles. The molecule has 3 N–H and O–H groups in total. The lowest BCUT2D eigenvalue weighted by atomic mass is 10.0. The fraction of sp³-hybridized carbons (Fsp3) is 0.579. The molecule has 5 nitrogen and oxygen atoms in total. The first-order valence-corrected chi connectivity index (χ1v) is 8.73. The molecule has 1 unspecified atom stereocenters. The summed E-state index contributed by atoms with van der Waals surface area (Å²) in [6, 6.07) is 6.82. The van der Waals surface area contributed by atoms with Gasteiger partial charge in [0.05, 0.1) is 0 Å². The molecule has 0 saturated carbocycles. The number of amides is 3. The standard InChI is InChI=1S/C19H31N3O2/c1-13(2)6-7-15(5)21-19(24)22-17-10-8-16(9-11-17)18(23)20-12-14(3)4/h8-11,13-15H,6-7,12H2,1-5H3,(H,20,23)(H2,21,22,24). The van der Waals surface area contributed by atoms with Gasteiger partial charge in [-0.3, -0.25) is 4.79 Å². The summed E-state index contributed by atoms with van der Waals surface area (Å²) in [7, 11) is 0. The minimum Gasteiger partial charge on any atom is -0.352 e. The van der Waals surface area contributed by atoms with Crippen molar-refractivity contribution in [2.75, 3.05) is 11.9 Å². The Morgan fingerprint density at radius 2 is 1.54 bits per heavy atom. The van der Waals surface area contributed by atoms with E-state index in [-0.39, 0.29) is 18.0 Å².